The molecule has 1 unspecified atom stereocenters. The van der Waals surface area contributed by atoms with Gasteiger partial charge >= 0.3 is 0 Å². The van der Waals surface area contributed by atoms with Gasteiger partial charge in [-0.1, -0.05) is 30.3 Å². The first-order valence-corrected chi connectivity index (χ1v) is 8.97. The third kappa shape index (κ3) is 3.87. The number of anilines is 1. The Balaban J connectivity index is 1.57. The molecular formula is C21H24N2O3. The van der Waals surface area contributed by atoms with Crippen LogP contribution in [-0.2, 0) is 22.4 Å². The fraction of sp³-hybridized carbons (Fsp3) is 0.333. The van der Waals surface area contributed by atoms with Gasteiger partial charge in [-0.3, -0.25) is 14.5 Å². The number of ether oxygens (including phenoxy) is 1. The molecule has 0 saturated heterocycles. The molecular weight excluding hydrogens is 328 g/mol. The van der Waals surface area contributed by atoms with Crippen molar-refractivity contribution in [3.05, 3.63) is 59.7 Å². The maximum atomic E-state index is 12.6. The number of carbonyl (C=O) groups excluding carboxylic acids is 2. The van der Waals surface area contributed by atoms with Crippen LogP contribution in [0.25, 0.3) is 0 Å². The second-order valence-corrected chi connectivity index (χ2v) is 6.36. The summed E-state index contributed by atoms with van der Waals surface area (Å²) in [7, 11) is 0. The zero-order valence-electron chi connectivity index (χ0n) is 15.2. The first-order valence-electron chi connectivity index (χ1n) is 8.97. The fourth-order valence-corrected chi connectivity index (χ4v) is 3.35. The Morgan fingerprint density at radius 3 is 2.58 bits per heavy atom. The highest BCUT2D eigenvalue weighted by Crippen LogP contribution is 2.32. The summed E-state index contributed by atoms with van der Waals surface area (Å²) in [5.41, 5.74) is 3.01. The lowest BCUT2D eigenvalue weighted by Crippen LogP contribution is -2.47. The highest BCUT2D eigenvalue weighted by Gasteiger charge is 2.36. The fourth-order valence-electron chi connectivity index (χ4n) is 3.35. The van der Waals surface area contributed by atoms with Crippen molar-refractivity contribution < 1.29 is 14.3 Å². The van der Waals surface area contributed by atoms with Crippen molar-refractivity contribution in [1.29, 1.82) is 0 Å². The molecule has 1 atom stereocenters. The zero-order valence-corrected chi connectivity index (χ0v) is 15.2. The molecule has 2 aromatic rings. The van der Waals surface area contributed by atoms with E-state index in [-0.39, 0.29) is 11.8 Å². The number of nitrogens with zero attached hydrogens (tertiary/aromatic N) is 1. The Morgan fingerprint density at radius 1 is 1.15 bits per heavy atom. The van der Waals surface area contributed by atoms with Crippen LogP contribution in [0.3, 0.4) is 0 Å². The average Bonchev–Trinajstić information content (AvgIpc) is 3.03. The molecule has 0 fully saturated rings. The summed E-state index contributed by atoms with van der Waals surface area (Å²) in [6, 6.07) is 15.1. The Kier molecular flexibility index (Phi) is 5.56. The van der Waals surface area contributed by atoms with Gasteiger partial charge in [-0.15, -0.1) is 0 Å². The monoisotopic (exact) mass is 352 g/mol. The lowest BCUT2D eigenvalue weighted by atomic mass is 10.1. The van der Waals surface area contributed by atoms with E-state index in [9.17, 15) is 9.59 Å². The van der Waals surface area contributed by atoms with E-state index < -0.39 is 6.04 Å². The molecule has 2 amide bonds. The number of fused-ring (bicyclic) bond motifs is 1. The quantitative estimate of drug-likeness (QED) is 0.870. The van der Waals surface area contributed by atoms with Crippen LogP contribution >= 0.6 is 0 Å². The van der Waals surface area contributed by atoms with Gasteiger partial charge in [0.1, 0.15) is 11.8 Å². The smallest absolute Gasteiger partial charge is 0.243 e. The minimum atomic E-state index is -0.467. The number of carbonyl (C=O) groups is 2. The van der Waals surface area contributed by atoms with E-state index in [0.717, 1.165) is 29.0 Å². The van der Waals surface area contributed by atoms with Crippen LogP contribution in [0, 0.1) is 0 Å². The van der Waals surface area contributed by atoms with Gasteiger partial charge in [-0.05, 0) is 42.7 Å². The number of amides is 2. The van der Waals surface area contributed by atoms with E-state index in [2.05, 4.69) is 5.32 Å². The molecule has 2 aromatic carbocycles. The topological polar surface area (TPSA) is 58.6 Å². The standard InChI is InChI=1S/C21H24N2O3/c1-3-26-18-10-8-16(9-11-18)12-13-22-21(25)20-14-17-6-4-5-7-19(17)23(20)15(2)24/h4-11,20H,3,12-14H2,1-2H3,(H,22,25). The molecule has 0 aromatic heterocycles. The Hall–Kier alpha value is -2.82. The van der Waals surface area contributed by atoms with Gasteiger partial charge in [0.15, 0.2) is 0 Å². The van der Waals surface area contributed by atoms with Crippen LogP contribution in [0.5, 0.6) is 5.75 Å². The molecule has 1 aliphatic heterocycles. The third-order valence-electron chi connectivity index (χ3n) is 4.57. The van der Waals surface area contributed by atoms with Crippen LogP contribution in [-0.4, -0.2) is 31.0 Å². The molecule has 1 heterocycles. The van der Waals surface area contributed by atoms with Gasteiger partial charge in [0.05, 0.1) is 6.61 Å². The summed E-state index contributed by atoms with van der Waals surface area (Å²) in [5.74, 6) is 0.630. The molecule has 1 aliphatic rings. The second kappa shape index (κ2) is 8.04. The van der Waals surface area contributed by atoms with E-state index in [1.165, 1.54) is 6.92 Å². The average molecular weight is 352 g/mol. The summed E-state index contributed by atoms with van der Waals surface area (Å²) in [5, 5.41) is 2.97. The van der Waals surface area contributed by atoms with Crippen LogP contribution in [0.2, 0.25) is 0 Å². The van der Waals surface area contributed by atoms with Gasteiger partial charge in [0.25, 0.3) is 0 Å². The summed E-state index contributed by atoms with van der Waals surface area (Å²) >= 11 is 0. The molecule has 26 heavy (non-hydrogen) atoms. The van der Waals surface area contributed by atoms with E-state index >= 15 is 0 Å². The van der Waals surface area contributed by atoms with Gasteiger partial charge in [0.2, 0.25) is 11.8 Å². The highest BCUT2D eigenvalue weighted by molar-refractivity contribution is 6.02. The molecule has 5 nitrogen and oxygen atoms in total. The Labute approximate surface area is 154 Å². The summed E-state index contributed by atoms with van der Waals surface area (Å²) < 4.78 is 5.43. The lowest BCUT2D eigenvalue weighted by Gasteiger charge is -2.23. The zero-order chi connectivity index (χ0) is 18.5. The normalized spacial score (nSPS) is 15.5. The predicted octanol–water partition coefficient (Wildman–Crippen LogP) is 2.72. The predicted molar refractivity (Wildman–Crippen MR) is 101 cm³/mol. The third-order valence-corrected chi connectivity index (χ3v) is 4.57. The van der Waals surface area contributed by atoms with E-state index in [0.29, 0.717) is 19.6 Å². The molecule has 0 aliphatic carbocycles. The highest BCUT2D eigenvalue weighted by atomic mass is 16.5. The van der Waals surface area contributed by atoms with Crippen molar-refractivity contribution in [2.24, 2.45) is 0 Å². The van der Waals surface area contributed by atoms with E-state index in [1.54, 1.807) is 4.90 Å². The lowest BCUT2D eigenvalue weighted by molar-refractivity contribution is -0.125. The van der Waals surface area contributed by atoms with E-state index in [4.69, 9.17) is 4.74 Å². The van der Waals surface area contributed by atoms with Gasteiger partial charge in [-0.2, -0.15) is 0 Å². The van der Waals surface area contributed by atoms with Crippen LogP contribution in [0.1, 0.15) is 25.0 Å². The largest absolute Gasteiger partial charge is 0.494 e. The van der Waals surface area contributed by atoms with Crippen molar-refractivity contribution in [1.82, 2.24) is 5.32 Å². The van der Waals surface area contributed by atoms with Gasteiger partial charge < -0.3 is 10.1 Å². The van der Waals surface area contributed by atoms with Crippen LogP contribution in [0.15, 0.2) is 48.5 Å². The molecule has 0 bridgehead atoms. The van der Waals surface area contributed by atoms with Crippen LogP contribution < -0.4 is 15.0 Å². The molecule has 1 N–H and O–H groups in total. The summed E-state index contributed by atoms with van der Waals surface area (Å²) in [4.78, 5) is 26.3. The summed E-state index contributed by atoms with van der Waals surface area (Å²) in [6.07, 6.45) is 1.29. The van der Waals surface area contributed by atoms with Crippen molar-refractivity contribution in [3.8, 4) is 5.75 Å². The van der Waals surface area contributed by atoms with Crippen LogP contribution in [0.4, 0.5) is 5.69 Å². The minimum Gasteiger partial charge on any atom is -0.494 e. The molecule has 0 radical (unpaired) electrons. The second-order valence-electron chi connectivity index (χ2n) is 6.36. The van der Waals surface area contributed by atoms with Gasteiger partial charge in [-0.25, -0.2) is 0 Å². The van der Waals surface area contributed by atoms with Crippen molar-refractivity contribution >= 4 is 17.5 Å². The minimum absolute atomic E-state index is 0.109. The number of para-hydroxylation sites is 1. The maximum absolute atomic E-state index is 12.6. The number of nitrogens with one attached hydrogen (secondary N) is 1. The molecule has 136 valence electrons. The van der Waals surface area contributed by atoms with Crippen molar-refractivity contribution in [3.63, 3.8) is 0 Å². The maximum Gasteiger partial charge on any atom is 0.243 e. The van der Waals surface area contributed by atoms with E-state index in [1.807, 2.05) is 55.5 Å². The first-order chi connectivity index (χ1) is 12.6. The number of benzene rings is 2. The van der Waals surface area contributed by atoms with Crippen molar-refractivity contribution in [2.45, 2.75) is 32.7 Å². The molecule has 5 heteroatoms. The number of hydrogen-bond acceptors (Lipinski definition) is 3. The Bertz CT molecular complexity index is 786. The first kappa shape index (κ1) is 18.0. The van der Waals surface area contributed by atoms with Crippen molar-refractivity contribution in [2.75, 3.05) is 18.1 Å². The number of rotatable bonds is 6. The molecule has 0 spiro atoms. The number of hydrogen-bond donors (Lipinski definition) is 1. The summed E-state index contributed by atoms with van der Waals surface area (Å²) in [6.45, 7) is 4.63. The molecule has 0 saturated carbocycles. The SMILES string of the molecule is CCOc1ccc(CCNC(=O)C2Cc3ccccc3N2C(C)=O)cc1. The van der Waals surface area contributed by atoms with Gasteiger partial charge in [0, 0.05) is 25.6 Å². The molecule has 3 rings (SSSR count). The Morgan fingerprint density at radius 2 is 1.88 bits per heavy atom.